The summed E-state index contributed by atoms with van der Waals surface area (Å²) in [6.07, 6.45) is -1.29. The predicted octanol–water partition coefficient (Wildman–Crippen LogP) is -0.894. The van der Waals surface area contributed by atoms with Crippen LogP contribution in [0.5, 0.6) is 23.0 Å². The first kappa shape index (κ1) is 11.8. The SMILES string of the molecule is NC[C@@H](O)c1c2cc(O)c(O)c1OS(=O)(=O)O2. The average molecular weight is 263 g/mol. The van der Waals surface area contributed by atoms with Crippen molar-refractivity contribution in [1.29, 1.82) is 0 Å². The molecule has 9 heteroatoms. The third kappa shape index (κ3) is 1.84. The summed E-state index contributed by atoms with van der Waals surface area (Å²) >= 11 is 0. The lowest BCUT2D eigenvalue weighted by molar-refractivity contribution is 0.177. The topological polar surface area (TPSA) is 139 Å². The normalized spacial score (nSPS) is 18.0. The number of hydrogen-bond donors (Lipinski definition) is 4. The van der Waals surface area contributed by atoms with Gasteiger partial charge in [-0.1, -0.05) is 0 Å². The van der Waals surface area contributed by atoms with Crippen LogP contribution in [0.15, 0.2) is 6.07 Å². The lowest BCUT2D eigenvalue weighted by Gasteiger charge is -2.23. The fourth-order valence-corrected chi connectivity index (χ4v) is 2.21. The van der Waals surface area contributed by atoms with E-state index in [1.807, 2.05) is 0 Å². The summed E-state index contributed by atoms with van der Waals surface area (Å²) in [5.74, 6) is -2.34. The zero-order valence-electron chi connectivity index (χ0n) is 8.32. The molecule has 0 saturated carbocycles. The summed E-state index contributed by atoms with van der Waals surface area (Å²) in [6, 6.07) is 0.854. The predicted molar refractivity (Wildman–Crippen MR) is 54.0 cm³/mol. The van der Waals surface area contributed by atoms with Gasteiger partial charge in [-0.05, 0) is 0 Å². The summed E-state index contributed by atoms with van der Waals surface area (Å²) in [7, 11) is -4.36. The summed E-state index contributed by atoms with van der Waals surface area (Å²) < 4.78 is 31.1. The Hall–Kier alpha value is -1.71. The standard InChI is InChI=1S/C8H9NO7S/c9-2-4(11)6-5-1-3(10)7(12)8(6)16-17(13,14)15-5/h1,4,10-12H,2,9H2/t4-/m1/s1. The van der Waals surface area contributed by atoms with E-state index in [-0.39, 0.29) is 17.9 Å². The van der Waals surface area contributed by atoms with Gasteiger partial charge in [0.15, 0.2) is 11.5 Å². The van der Waals surface area contributed by atoms with Gasteiger partial charge < -0.3 is 29.4 Å². The number of benzene rings is 1. The smallest absolute Gasteiger partial charge is 0.501 e. The lowest BCUT2D eigenvalue weighted by atomic mass is 10.1. The van der Waals surface area contributed by atoms with Crippen LogP contribution in [0.4, 0.5) is 0 Å². The van der Waals surface area contributed by atoms with Crippen LogP contribution in [0.1, 0.15) is 11.7 Å². The van der Waals surface area contributed by atoms with Crippen LogP contribution in [0.25, 0.3) is 0 Å². The Morgan fingerprint density at radius 1 is 1.35 bits per heavy atom. The first-order valence-corrected chi connectivity index (χ1v) is 5.80. The van der Waals surface area contributed by atoms with Gasteiger partial charge in [-0.3, -0.25) is 0 Å². The molecule has 1 heterocycles. The van der Waals surface area contributed by atoms with E-state index in [9.17, 15) is 23.7 Å². The van der Waals surface area contributed by atoms with Crippen LogP contribution in [0.3, 0.4) is 0 Å². The molecule has 0 radical (unpaired) electrons. The molecule has 1 aromatic rings. The minimum atomic E-state index is -4.36. The minimum Gasteiger partial charge on any atom is -0.504 e. The number of nitrogens with two attached hydrogens (primary N) is 1. The Bertz CT molecular complexity index is 568. The minimum absolute atomic E-state index is 0.127. The molecule has 5 N–H and O–H groups in total. The van der Waals surface area contributed by atoms with Crippen molar-refractivity contribution >= 4 is 10.4 Å². The number of hydrogen-bond acceptors (Lipinski definition) is 8. The van der Waals surface area contributed by atoms with E-state index in [1.165, 1.54) is 0 Å². The van der Waals surface area contributed by atoms with Gasteiger partial charge in [-0.2, -0.15) is 0 Å². The molecule has 1 atom stereocenters. The zero-order valence-corrected chi connectivity index (χ0v) is 9.14. The zero-order chi connectivity index (χ0) is 12.8. The molecule has 1 aromatic carbocycles. The highest BCUT2D eigenvalue weighted by Crippen LogP contribution is 2.49. The van der Waals surface area contributed by atoms with Crippen molar-refractivity contribution in [2.45, 2.75) is 6.10 Å². The first-order chi connectivity index (χ1) is 7.85. The van der Waals surface area contributed by atoms with Gasteiger partial charge in [0.25, 0.3) is 0 Å². The molecule has 0 aliphatic carbocycles. The van der Waals surface area contributed by atoms with E-state index in [0.717, 1.165) is 6.07 Å². The maximum Gasteiger partial charge on any atom is 0.501 e. The summed E-state index contributed by atoms with van der Waals surface area (Å²) in [4.78, 5) is 0. The van der Waals surface area contributed by atoms with E-state index < -0.39 is 33.8 Å². The van der Waals surface area contributed by atoms with Crippen LogP contribution in [0, 0.1) is 0 Å². The van der Waals surface area contributed by atoms with Gasteiger partial charge in [0.2, 0.25) is 11.5 Å². The molecule has 0 unspecified atom stereocenters. The van der Waals surface area contributed by atoms with Crippen LogP contribution in [-0.4, -0.2) is 30.3 Å². The highest BCUT2D eigenvalue weighted by atomic mass is 32.3. The van der Waals surface area contributed by atoms with Gasteiger partial charge in [-0.25, -0.2) is 0 Å². The van der Waals surface area contributed by atoms with Gasteiger partial charge >= 0.3 is 10.4 Å². The maximum atomic E-state index is 11.1. The van der Waals surface area contributed by atoms with Gasteiger partial charge in [0, 0.05) is 12.6 Å². The Kier molecular flexibility index (Phi) is 2.53. The second kappa shape index (κ2) is 3.65. The second-order valence-electron chi connectivity index (χ2n) is 3.31. The van der Waals surface area contributed by atoms with E-state index >= 15 is 0 Å². The molecule has 94 valence electrons. The number of aliphatic hydroxyl groups excluding tert-OH is 1. The van der Waals surface area contributed by atoms with E-state index in [0.29, 0.717) is 0 Å². The molecular weight excluding hydrogens is 254 g/mol. The molecule has 1 aliphatic heterocycles. The first-order valence-electron chi connectivity index (χ1n) is 4.46. The Morgan fingerprint density at radius 3 is 2.59 bits per heavy atom. The molecule has 17 heavy (non-hydrogen) atoms. The van der Waals surface area contributed by atoms with Gasteiger partial charge in [-0.15, -0.1) is 8.42 Å². The monoisotopic (exact) mass is 263 g/mol. The number of aromatic hydroxyl groups is 2. The van der Waals surface area contributed by atoms with E-state index in [2.05, 4.69) is 8.37 Å². The summed E-state index contributed by atoms with van der Waals surface area (Å²) in [6.45, 7) is -0.239. The fraction of sp³-hybridized carbons (Fsp3) is 0.250. The van der Waals surface area contributed by atoms with Crippen molar-refractivity contribution in [3.8, 4) is 23.0 Å². The highest BCUT2D eigenvalue weighted by Gasteiger charge is 2.35. The maximum absolute atomic E-state index is 11.1. The number of phenols is 2. The van der Waals surface area contributed by atoms with Crippen LogP contribution >= 0.6 is 0 Å². The van der Waals surface area contributed by atoms with Crippen molar-refractivity contribution in [2.75, 3.05) is 6.54 Å². The van der Waals surface area contributed by atoms with Gasteiger partial charge in [0.1, 0.15) is 0 Å². The molecule has 2 rings (SSSR count). The number of fused-ring (bicyclic) bond motifs is 2. The molecular formula is C8H9NO7S. The van der Waals surface area contributed by atoms with Crippen molar-refractivity contribution in [2.24, 2.45) is 5.73 Å². The number of aliphatic hydroxyl groups is 1. The Morgan fingerprint density at radius 2 is 2.00 bits per heavy atom. The summed E-state index contributed by atoms with van der Waals surface area (Å²) in [5.41, 5.74) is 5.09. The third-order valence-electron chi connectivity index (χ3n) is 2.17. The van der Waals surface area contributed by atoms with Crippen molar-refractivity contribution in [1.82, 2.24) is 0 Å². The van der Waals surface area contributed by atoms with Crippen LogP contribution in [0.2, 0.25) is 0 Å². The third-order valence-corrected chi connectivity index (χ3v) is 2.92. The van der Waals surface area contributed by atoms with Crippen molar-refractivity contribution in [3.63, 3.8) is 0 Å². The van der Waals surface area contributed by atoms with E-state index in [4.69, 9.17) is 5.73 Å². The molecule has 8 nitrogen and oxygen atoms in total. The highest BCUT2D eigenvalue weighted by molar-refractivity contribution is 7.82. The molecule has 2 bridgehead atoms. The van der Waals surface area contributed by atoms with E-state index in [1.54, 1.807) is 0 Å². The van der Waals surface area contributed by atoms with Crippen molar-refractivity contribution in [3.05, 3.63) is 11.6 Å². The molecule has 0 spiro atoms. The van der Waals surface area contributed by atoms with Crippen LogP contribution < -0.4 is 14.1 Å². The number of rotatable bonds is 2. The molecule has 1 aliphatic rings. The average Bonchev–Trinajstić information content (AvgIpc) is 2.23. The molecule has 0 saturated heterocycles. The second-order valence-corrected chi connectivity index (χ2v) is 4.46. The van der Waals surface area contributed by atoms with Crippen LogP contribution in [-0.2, 0) is 10.4 Å². The quantitative estimate of drug-likeness (QED) is 0.503. The Balaban J connectivity index is 2.71. The molecule has 0 aromatic heterocycles. The largest absolute Gasteiger partial charge is 0.504 e. The van der Waals surface area contributed by atoms with Crippen molar-refractivity contribution < 1.29 is 32.1 Å². The van der Waals surface area contributed by atoms with Gasteiger partial charge in [0.05, 0.1) is 11.7 Å². The summed E-state index contributed by atoms with van der Waals surface area (Å²) in [5, 5.41) is 28.3. The molecule has 0 fully saturated rings. The Labute approximate surface area is 96.1 Å². The molecule has 0 amide bonds. The lowest BCUT2D eigenvalue weighted by Crippen LogP contribution is -2.25. The fourth-order valence-electron chi connectivity index (χ4n) is 1.44. The number of phenolic OH excluding ortho intramolecular Hbond substituents is 2.